The van der Waals surface area contributed by atoms with Gasteiger partial charge < -0.3 is 9.53 Å². The van der Waals surface area contributed by atoms with Crippen molar-refractivity contribution in [1.29, 1.82) is 0 Å². The van der Waals surface area contributed by atoms with Crippen LogP contribution in [0.3, 0.4) is 0 Å². The van der Waals surface area contributed by atoms with E-state index in [1.807, 2.05) is 6.07 Å². The lowest BCUT2D eigenvalue weighted by molar-refractivity contribution is -0.111. The molecular formula is C16H16O2. The number of fused-ring (bicyclic) bond motifs is 2. The molecule has 0 aliphatic heterocycles. The maximum absolute atomic E-state index is 10.3. The molecule has 2 bridgehead atoms. The molecule has 2 nitrogen and oxygen atoms in total. The first-order chi connectivity index (χ1) is 8.90. The normalized spacial score (nSPS) is 24.9. The van der Waals surface area contributed by atoms with Gasteiger partial charge >= 0.3 is 0 Å². The van der Waals surface area contributed by atoms with E-state index in [1.54, 1.807) is 0 Å². The fourth-order valence-electron chi connectivity index (χ4n) is 3.03. The molecule has 0 heterocycles. The van der Waals surface area contributed by atoms with Crippen LogP contribution in [0.4, 0.5) is 0 Å². The summed E-state index contributed by atoms with van der Waals surface area (Å²) in [6, 6.07) is 10.5. The topological polar surface area (TPSA) is 26.3 Å². The van der Waals surface area contributed by atoms with E-state index >= 15 is 0 Å². The van der Waals surface area contributed by atoms with Gasteiger partial charge in [0.15, 0.2) is 0 Å². The Balaban J connectivity index is 1.89. The molecule has 2 heteroatoms. The van der Waals surface area contributed by atoms with Gasteiger partial charge in [0.25, 0.3) is 0 Å². The number of benzene rings is 1. The highest BCUT2D eigenvalue weighted by atomic mass is 16.5. The summed E-state index contributed by atoms with van der Waals surface area (Å²) in [5, 5.41) is 0. The maximum Gasteiger partial charge on any atom is 0.145 e. The van der Waals surface area contributed by atoms with Crippen molar-refractivity contribution in [2.45, 2.75) is 6.42 Å². The Morgan fingerprint density at radius 2 is 1.94 bits per heavy atom. The van der Waals surface area contributed by atoms with Crippen LogP contribution in [0.5, 0.6) is 0 Å². The van der Waals surface area contributed by atoms with Gasteiger partial charge in [-0.1, -0.05) is 42.5 Å². The maximum atomic E-state index is 10.3. The van der Waals surface area contributed by atoms with Crippen molar-refractivity contribution in [3.8, 4) is 0 Å². The van der Waals surface area contributed by atoms with Gasteiger partial charge in [-0.05, 0) is 23.1 Å². The first kappa shape index (κ1) is 11.4. The minimum atomic E-state index is 0.187. The molecule has 2 unspecified atom stereocenters. The fourth-order valence-corrected chi connectivity index (χ4v) is 3.03. The summed E-state index contributed by atoms with van der Waals surface area (Å²) in [6.07, 6.45) is 6.56. The second-order valence-electron chi connectivity index (χ2n) is 4.82. The summed E-state index contributed by atoms with van der Waals surface area (Å²) < 4.78 is 5.41. The van der Waals surface area contributed by atoms with Gasteiger partial charge in [0, 0.05) is 11.8 Å². The summed E-state index contributed by atoms with van der Waals surface area (Å²) >= 11 is 0. The van der Waals surface area contributed by atoms with E-state index in [9.17, 15) is 4.79 Å². The van der Waals surface area contributed by atoms with Crippen LogP contribution in [0.15, 0.2) is 48.1 Å². The summed E-state index contributed by atoms with van der Waals surface area (Å²) in [5.74, 6) is 1.05. The third kappa shape index (κ3) is 1.93. The van der Waals surface area contributed by atoms with Gasteiger partial charge in [-0.3, -0.25) is 0 Å². The minimum Gasteiger partial charge on any atom is -0.370 e. The largest absolute Gasteiger partial charge is 0.370 e. The molecule has 0 saturated carbocycles. The van der Waals surface area contributed by atoms with Crippen molar-refractivity contribution in [2.24, 2.45) is 11.8 Å². The molecule has 2 aliphatic rings. The van der Waals surface area contributed by atoms with E-state index in [2.05, 4.69) is 36.4 Å². The Bertz CT molecular complexity index is 499. The Kier molecular flexibility index (Phi) is 3.11. The molecule has 0 N–H and O–H groups in total. The van der Waals surface area contributed by atoms with Crippen molar-refractivity contribution in [3.63, 3.8) is 0 Å². The Morgan fingerprint density at radius 3 is 2.72 bits per heavy atom. The van der Waals surface area contributed by atoms with Crippen LogP contribution >= 0.6 is 0 Å². The zero-order chi connectivity index (χ0) is 12.4. The monoisotopic (exact) mass is 240 g/mol. The first-order valence-electron chi connectivity index (χ1n) is 6.38. The summed E-state index contributed by atoms with van der Waals surface area (Å²) in [6.45, 7) is 0.765. The van der Waals surface area contributed by atoms with Crippen molar-refractivity contribution in [3.05, 3.63) is 53.6 Å². The number of rotatable bonds is 5. The molecule has 2 aliphatic carbocycles. The molecule has 1 aromatic rings. The standard InChI is InChI=1S/C16H16O2/c17-8-9-18-11-15-13-6-7-14(10-13)16(15)12-4-2-1-3-5-12/h1-8,13-14H,9-11H2. The zero-order valence-corrected chi connectivity index (χ0v) is 10.2. The average Bonchev–Trinajstić information content (AvgIpc) is 3.01. The van der Waals surface area contributed by atoms with Crippen LogP contribution < -0.4 is 0 Å². The van der Waals surface area contributed by atoms with Crippen LogP contribution in [0.25, 0.3) is 5.57 Å². The molecule has 0 fully saturated rings. The van der Waals surface area contributed by atoms with Gasteiger partial charge in [0.1, 0.15) is 12.9 Å². The zero-order valence-electron chi connectivity index (χ0n) is 10.2. The molecule has 1 aromatic carbocycles. The van der Waals surface area contributed by atoms with Gasteiger partial charge in [0.2, 0.25) is 0 Å². The van der Waals surface area contributed by atoms with E-state index in [1.165, 1.54) is 23.1 Å². The van der Waals surface area contributed by atoms with E-state index in [4.69, 9.17) is 4.74 Å². The van der Waals surface area contributed by atoms with Crippen LogP contribution in [0, 0.1) is 11.8 Å². The van der Waals surface area contributed by atoms with E-state index < -0.39 is 0 Å². The van der Waals surface area contributed by atoms with Crippen molar-refractivity contribution in [1.82, 2.24) is 0 Å². The predicted molar refractivity (Wildman–Crippen MR) is 71.0 cm³/mol. The van der Waals surface area contributed by atoms with Crippen molar-refractivity contribution < 1.29 is 9.53 Å². The molecule has 0 saturated heterocycles. The average molecular weight is 240 g/mol. The van der Waals surface area contributed by atoms with Gasteiger partial charge in [-0.2, -0.15) is 0 Å². The molecule has 3 rings (SSSR count). The molecule has 0 spiro atoms. The lowest BCUT2D eigenvalue weighted by Crippen LogP contribution is -2.07. The van der Waals surface area contributed by atoms with Gasteiger partial charge in [-0.15, -0.1) is 0 Å². The van der Waals surface area contributed by atoms with Crippen molar-refractivity contribution in [2.75, 3.05) is 13.2 Å². The number of ether oxygens (including phenoxy) is 1. The number of carbonyl (C=O) groups is 1. The van der Waals surface area contributed by atoms with Gasteiger partial charge in [0.05, 0.1) is 6.61 Å². The Labute approximate surface area is 107 Å². The van der Waals surface area contributed by atoms with Gasteiger partial charge in [-0.25, -0.2) is 0 Å². The first-order valence-corrected chi connectivity index (χ1v) is 6.38. The lowest BCUT2D eigenvalue weighted by atomic mass is 9.91. The number of hydrogen-bond acceptors (Lipinski definition) is 2. The molecule has 2 atom stereocenters. The predicted octanol–water partition coefficient (Wildman–Crippen LogP) is 2.86. The minimum absolute atomic E-state index is 0.187. The molecule has 0 aromatic heterocycles. The number of hydrogen-bond donors (Lipinski definition) is 0. The Hall–Kier alpha value is -1.67. The quantitative estimate of drug-likeness (QED) is 0.449. The number of carbonyl (C=O) groups excluding carboxylic acids is 1. The van der Waals surface area contributed by atoms with E-state index in [0.29, 0.717) is 18.4 Å². The summed E-state index contributed by atoms with van der Waals surface area (Å²) in [5.41, 5.74) is 4.06. The third-order valence-electron chi connectivity index (χ3n) is 3.78. The SMILES string of the molecule is O=CCOCC1=C(c2ccccc2)C2C=CC1C2. The van der Waals surface area contributed by atoms with Crippen LogP contribution in [-0.2, 0) is 9.53 Å². The second-order valence-corrected chi connectivity index (χ2v) is 4.82. The third-order valence-corrected chi connectivity index (χ3v) is 3.78. The second kappa shape index (κ2) is 4.91. The molecule has 0 radical (unpaired) electrons. The van der Waals surface area contributed by atoms with Crippen molar-refractivity contribution >= 4 is 11.9 Å². The lowest BCUT2D eigenvalue weighted by Gasteiger charge is -2.16. The highest BCUT2D eigenvalue weighted by Gasteiger charge is 2.35. The Morgan fingerprint density at radius 1 is 1.17 bits per heavy atom. The van der Waals surface area contributed by atoms with Crippen LogP contribution in [0.1, 0.15) is 12.0 Å². The highest BCUT2D eigenvalue weighted by Crippen LogP contribution is 2.48. The van der Waals surface area contributed by atoms with E-state index in [-0.39, 0.29) is 6.61 Å². The van der Waals surface area contributed by atoms with Crippen LogP contribution in [-0.4, -0.2) is 19.5 Å². The molecule has 92 valence electrons. The number of allylic oxidation sites excluding steroid dienone is 3. The summed E-state index contributed by atoms with van der Waals surface area (Å²) in [7, 11) is 0. The molecular weight excluding hydrogens is 224 g/mol. The fraction of sp³-hybridized carbons (Fsp3) is 0.312. The van der Waals surface area contributed by atoms with Crippen LogP contribution in [0.2, 0.25) is 0 Å². The number of aldehydes is 1. The molecule has 0 amide bonds. The smallest absolute Gasteiger partial charge is 0.145 e. The van der Waals surface area contributed by atoms with E-state index in [0.717, 1.165) is 6.29 Å². The highest BCUT2D eigenvalue weighted by molar-refractivity contribution is 5.76. The summed E-state index contributed by atoms with van der Waals surface area (Å²) in [4.78, 5) is 10.3. The molecule has 18 heavy (non-hydrogen) atoms.